The summed E-state index contributed by atoms with van der Waals surface area (Å²) in [7, 11) is 0. The fraction of sp³-hybridized carbons (Fsp3) is 0.556. The van der Waals surface area contributed by atoms with Crippen LogP contribution in [0.5, 0.6) is 0 Å². The van der Waals surface area contributed by atoms with Crippen molar-refractivity contribution >= 4 is 11.8 Å². The Bertz CT molecular complexity index is 586. The molecule has 5 heteroatoms. The van der Waals surface area contributed by atoms with Crippen LogP contribution in [0.15, 0.2) is 24.3 Å². The first-order valence-electron chi connectivity index (χ1n) is 8.45. The Morgan fingerprint density at radius 2 is 2.17 bits per heavy atom. The van der Waals surface area contributed by atoms with Crippen LogP contribution >= 0.6 is 0 Å². The van der Waals surface area contributed by atoms with Gasteiger partial charge in [-0.1, -0.05) is 12.1 Å². The lowest BCUT2D eigenvalue weighted by atomic mass is 10.0. The highest BCUT2D eigenvalue weighted by Crippen LogP contribution is 2.28. The number of carbonyl (C=O) groups excluding carboxylic acids is 2. The van der Waals surface area contributed by atoms with Crippen LogP contribution in [0.25, 0.3) is 0 Å². The lowest BCUT2D eigenvalue weighted by molar-refractivity contribution is -0.136. The average molecular weight is 318 g/mol. The Balaban J connectivity index is 1.68. The van der Waals surface area contributed by atoms with Gasteiger partial charge < -0.3 is 10.2 Å². The SMILES string of the molecule is O=C(NC[C@@H](Cc1cccc(F)c1)N1CCCCC1=O)C1CC1. The first-order valence-corrected chi connectivity index (χ1v) is 8.45. The first-order chi connectivity index (χ1) is 11.1. The number of likely N-dealkylation sites (tertiary alicyclic amines) is 1. The summed E-state index contributed by atoms with van der Waals surface area (Å²) in [5, 5.41) is 2.97. The maximum atomic E-state index is 13.4. The third-order valence-electron chi connectivity index (χ3n) is 4.62. The molecule has 0 aromatic heterocycles. The number of hydrogen-bond donors (Lipinski definition) is 1. The third kappa shape index (κ3) is 4.30. The van der Waals surface area contributed by atoms with E-state index in [2.05, 4.69) is 5.32 Å². The van der Waals surface area contributed by atoms with Crippen molar-refractivity contribution in [2.75, 3.05) is 13.1 Å². The Morgan fingerprint density at radius 3 is 2.87 bits per heavy atom. The van der Waals surface area contributed by atoms with E-state index < -0.39 is 0 Å². The van der Waals surface area contributed by atoms with Gasteiger partial charge in [-0.25, -0.2) is 4.39 Å². The van der Waals surface area contributed by atoms with E-state index in [0.29, 0.717) is 19.4 Å². The summed E-state index contributed by atoms with van der Waals surface area (Å²) in [6, 6.07) is 6.37. The number of nitrogens with zero attached hydrogens (tertiary/aromatic N) is 1. The molecule has 1 aromatic carbocycles. The maximum Gasteiger partial charge on any atom is 0.223 e. The second kappa shape index (κ2) is 7.11. The lowest BCUT2D eigenvalue weighted by Crippen LogP contribution is -2.50. The Morgan fingerprint density at radius 1 is 1.35 bits per heavy atom. The molecule has 3 rings (SSSR count). The highest BCUT2D eigenvalue weighted by Gasteiger charge is 2.31. The van der Waals surface area contributed by atoms with Crippen molar-refractivity contribution in [1.82, 2.24) is 10.2 Å². The maximum absolute atomic E-state index is 13.4. The van der Waals surface area contributed by atoms with E-state index in [0.717, 1.165) is 37.8 Å². The zero-order valence-electron chi connectivity index (χ0n) is 13.3. The predicted octanol–water partition coefficient (Wildman–Crippen LogP) is 2.28. The Labute approximate surface area is 136 Å². The van der Waals surface area contributed by atoms with Crippen LogP contribution in [0.3, 0.4) is 0 Å². The van der Waals surface area contributed by atoms with E-state index >= 15 is 0 Å². The molecule has 2 amide bonds. The molecule has 1 aliphatic carbocycles. The van der Waals surface area contributed by atoms with E-state index in [1.165, 1.54) is 12.1 Å². The quantitative estimate of drug-likeness (QED) is 0.875. The Hall–Kier alpha value is -1.91. The summed E-state index contributed by atoms with van der Waals surface area (Å²) in [5.74, 6) is 0.104. The molecular weight excluding hydrogens is 295 g/mol. The van der Waals surface area contributed by atoms with Crippen LogP contribution < -0.4 is 5.32 Å². The van der Waals surface area contributed by atoms with Gasteiger partial charge in [-0.15, -0.1) is 0 Å². The molecular formula is C18H23FN2O2. The lowest BCUT2D eigenvalue weighted by Gasteiger charge is -2.35. The van der Waals surface area contributed by atoms with Crippen LogP contribution in [-0.2, 0) is 16.0 Å². The fourth-order valence-corrected chi connectivity index (χ4v) is 3.15. The Kier molecular flexibility index (Phi) is 4.94. The second-order valence-corrected chi connectivity index (χ2v) is 6.55. The zero-order chi connectivity index (χ0) is 16.2. The molecule has 2 aliphatic rings. The minimum Gasteiger partial charge on any atom is -0.354 e. The number of nitrogens with one attached hydrogen (secondary N) is 1. The van der Waals surface area contributed by atoms with E-state index in [1.807, 2.05) is 11.0 Å². The van der Waals surface area contributed by atoms with E-state index in [1.54, 1.807) is 6.07 Å². The first kappa shape index (κ1) is 16.0. The highest BCUT2D eigenvalue weighted by atomic mass is 19.1. The van der Waals surface area contributed by atoms with Gasteiger partial charge in [0.15, 0.2) is 0 Å². The molecule has 23 heavy (non-hydrogen) atoms. The molecule has 1 aromatic rings. The largest absolute Gasteiger partial charge is 0.354 e. The van der Waals surface area contributed by atoms with Crippen LogP contribution in [0.4, 0.5) is 4.39 Å². The molecule has 4 nitrogen and oxygen atoms in total. The second-order valence-electron chi connectivity index (χ2n) is 6.55. The molecule has 1 N–H and O–H groups in total. The normalized spacial score (nSPS) is 19.5. The average Bonchev–Trinajstić information content (AvgIpc) is 3.37. The van der Waals surface area contributed by atoms with Crippen LogP contribution in [0.1, 0.15) is 37.7 Å². The van der Waals surface area contributed by atoms with Crippen molar-refractivity contribution in [3.63, 3.8) is 0 Å². The van der Waals surface area contributed by atoms with Crippen molar-refractivity contribution < 1.29 is 14.0 Å². The number of hydrogen-bond acceptors (Lipinski definition) is 2. The number of rotatable bonds is 6. The molecule has 1 heterocycles. The molecule has 0 spiro atoms. The van der Waals surface area contributed by atoms with Crippen molar-refractivity contribution in [2.24, 2.45) is 5.92 Å². The van der Waals surface area contributed by atoms with E-state index in [-0.39, 0.29) is 29.6 Å². The minimum absolute atomic E-state index is 0.0821. The summed E-state index contributed by atoms with van der Waals surface area (Å²) in [6.07, 6.45) is 4.97. The van der Waals surface area contributed by atoms with E-state index in [4.69, 9.17) is 0 Å². The van der Waals surface area contributed by atoms with Gasteiger partial charge in [0.05, 0.1) is 6.04 Å². The van der Waals surface area contributed by atoms with Gasteiger partial charge in [-0.2, -0.15) is 0 Å². The zero-order valence-corrected chi connectivity index (χ0v) is 13.3. The van der Waals surface area contributed by atoms with Crippen molar-refractivity contribution in [2.45, 2.75) is 44.6 Å². The molecule has 124 valence electrons. The molecule has 0 bridgehead atoms. The monoisotopic (exact) mass is 318 g/mol. The summed E-state index contributed by atoms with van der Waals surface area (Å²) < 4.78 is 13.4. The fourth-order valence-electron chi connectivity index (χ4n) is 3.15. The number of halogens is 1. The molecule has 1 aliphatic heterocycles. The van der Waals surface area contributed by atoms with Gasteiger partial charge >= 0.3 is 0 Å². The van der Waals surface area contributed by atoms with Gasteiger partial charge in [0.25, 0.3) is 0 Å². The van der Waals surface area contributed by atoms with Gasteiger partial charge in [0.1, 0.15) is 5.82 Å². The molecule has 1 saturated carbocycles. The summed E-state index contributed by atoms with van der Waals surface area (Å²) >= 11 is 0. The number of benzene rings is 1. The summed E-state index contributed by atoms with van der Waals surface area (Å²) in [5.41, 5.74) is 0.856. The predicted molar refractivity (Wildman–Crippen MR) is 85.2 cm³/mol. The molecule has 0 radical (unpaired) electrons. The van der Waals surface area contributed by atoms with Gasteiger partial charge in [0.2, 0.25) is 11.8 Å². The van der Waals surface area contributed by atoms with Crippen LogP contribution in [0, 0.1) is 11.7 Å². The minimum atomic E-state index is -0.270. The molecule has 2 fully saturated rings. The third-order valence-corrected chi connectivity index (χ3v) is 4.62. The van der Waals surface area contributed by atoms with Crippen molar-refractivity contribution in [3.8, 4) is 0 Å². The summed E-state index contributed by atoms with van der Waals surface area (Å²) in [4.78, 5) is 26.0. The number of carbonyl (C=O) groups is 2. The number of amides is 2. The smallest absolute Gasteiger partial charge is 0.223 e. The topological polar surface area (TPSA) is 49.4 Å². The van der Waals surface area contributed by atoms with Crippen LogP contribution in [0.2, 0.25) is 0 Å². The van der Waals surface area contributed by atoms with Gasteiger partial charge in [-0.3, -0.25) is 9.59 Å². The van der Waals surface area contributed by atoms with Crippen LogP contribution in [-0.4, -0.2) is 35.8 Å². The molecule has 0 unspecified atom stereocenters. The van der Waals surface area contributed by atoms with Gasteiger partial charge in [-0.05, 0) is 49.8 Å². The molecule has 1 saturated heterocycles. The van der Waals surface area contributed by atoms with Crippen molar-refractivity contribution in [1.29, 1.82) is 0 Å². The standard InChI is InChI=1S/C18H23FN2O2/c19-15-5-3-4-13(10-15)11-16(12-20-18(23)14-7-8-14)21-9-2-1-6-17(21)22/h3-5,10,14,16H,1-2,6-9,11-12H2,(H,20,23)/t16-/m1/s1. The molecule has 1 atom stereocenters. The van der Waals surface area contributed by atoms with E-state index in [9.17, 15) is 14.0 Å². The van der Waals surface area contributed by atoms with Crippen molar-refractivity contribution in [3.05, 3.63) is 35.6 Å². The number of piperidine rings is 1. The summed E-state index contributed by atoms with van der Waals surface area (Å²) in [6.45, 7) is 1.16. The van der Waals surface area contributed by atoms with Gasteiger partial charge in [0, 0.05) is 25.4 Å². The highest BCUT2D eigenvalue weighted by molar-refractivity contribution is 5.81.